The van der Waals surface area contributed by atoms with Crippen LogP contribution < -0.4 is 14.8 Å². The molecule has 0 saturated heterocycles. The first kappa shape index (κ1) is 14.7. The summed E-state index contributed by atoms with van der Waals surface area (Å²) in [6.07, 6.45) is 4.09. The van der Waals surface area contributed by atoms with Crippen LogP contribution in [0.3, 0.4) is 0 Å². The van der Waals surface area contributed by atoms with Crippen LogP contribution in [0.2, 0.25) is 0 Å². The summed E-state index contributed by atoms with van der Waals surface area (Å²) < 4.78 is 11.4. The quantitative estimate of drug-likeness (QED) is 0.850. The van der Waals surface area contributed by atoms with Gasteiger partial charge < -0.3 is 14.8 Å². The number of hydrogen-bond donors (Lipinski definition) is 1. The normalized spacial score (nSPS) is 28.0. The fourth-order valence-electron chi connectivity index (χ4n) is 3.01. The van der Waals surface area contributed by atoms with E-state index in [1.807, 2.05) is 24.3 Å². The van der Waals surface area contributed by atoms with E-state index in [4.69, 9.17) is 9.47 Å². The number of benzene rings is 1. The Balaban J connectivity index is 1.61. The van der Waals surface area contributed by atoms with Crippen molar-refractivity contribution in [1.29, 1.82) is 0 Å². The molecule has 0 spiro atoms. The number of amides is 1. The predicted molar refractivity (Wildman–Crippen MR) is 84.0 cm³/mol. The standard InChI is InChI=1S/C16H20BrNO3/c17-9-11-5-1-2-6-12(11)18-16(19)15-10-20-13-7-3-4-8-14(13)21-15/h3-4,7-8,11-12,15H,1-2,5-6,9-10H2,(H,18,19). The Labute approximate surface area is 133 Å². The Kier molecular flexibility index (Phi) is 4.68. The van der Waals surface area contributed by atoms with Gasteiger partial charge in [0.05, 0.1) is 0 Å². The number of rotatable bonds is 3. The molecule has 3 unspecified atom stereocenters. The Hall–Kier alpha value is -1.23. The van der Waals surface area contributed by atoms with Crippen LogP contribution in [0.25, 0.3) is 0 Å². The van der Waals surface area contributed by atoms with Crippen LogP contribution in [-0.4, -0.2) is 30.0 Å². The molecule has 5 heteroatoms. The summed E-state index contributed by atoms with van der Waals surface area (Å²) in [6, 6.07) is 7.70. The maximum atomic E-state index is 12.4. The van der Waals surface area contributed by atoms with Gasteiger partial charge in [0, 0.05) is 11.4 Å². The van der Waals surface area contributed by atoms with Crippen molar-refractivity contribution >= 4 is 21.8 Å². The van der Waals surface area contributed by atoms with Crippen molar-refractivity contribution in [1.82, 2.24) is 5.32 Å². The predicted octanol–water partition coefficient (Wildman–Crippen LogP) is 2.90. The number of halogens is 1. The van der Waals surface area contributed by atoms with E-state index in [9.17, 15) is 4.79 Å². The van der Waals surface area contributed by atoms with E-state index in [0.717, 1.165) is 11.8 Å². The summed E-state index contributed by atoms with van der Waals surface area (Å²) in [5.74, 6) is 1.80. The lowest BCUT2D eigenvalue weighted by molar-refractivity contribution is -0.131. The van der Waals surface area contributed by atoms with E-state index < -0.39 is 6.10 Å². The number of nitrogens with one attached hydrogen (secondary N) is 1. The Morgan fingerprint density at radius 1 is 1.24 bits per heavy atom. The van der Waals surface area contributed by atoms with Crippen LogP contribution >= 0.6 is 15.9 Å². The molecule has 3 rings (SSSR count). The van der Waals surface area contributed by atoms with Gasteiger partial charge in [0.1, 0.15) is 6.61 Å². The molecule has 1 heterocycles. The van der Waals surface area contributed by atoms with Crippen molar-refractivity contribution in [2.24, 2.45) is 5.92 Å². The van der Waals surface area contributed by atoms with Gasteiger partial charge in [0.2, 0.25) is 6.10 Å². The molecule has 0 aromatic heterocycles. The van der Waals surface area contributed by atoms with Crippen molar-refractivity contribution < 1.29 is 14.3 Å². The molecular weight excluding hydrogens is 334 g/mol. The van der Waals surface area contributed by atoms with E-state index in [-0.39, 0.29) is 18.6 Å². The van der Waals surface area contributed by atoms with Crippen molar-refractivity contribution in [3.63, 3.8) is 0 Å². The third kappa shape index (κ3) is 3.34. The minimum Gasteiger partial charge on any atom is -0.485 e. The first-order valence-corrected chi connectivity index (χ1v) is 8.65. The number of carbonyl (C=O) groups excluding carboxylic acids is 1. The van der Waals surface area contributed by atoms with Crippen molar-refractivity contribution in [3.8, 4) is 11.5 Å². The molecule has 4 nitrogen and oxygen atoms in total. The van der Waals surface area contributed by atoms with E-state index in [2.05, 4.69) is 21.2 Å². The molecule has 1 N–H and O–H groups in total. The van der Waals surface area contributed by atoms with Gasteiger partial charge in [-0.25, -0.2) is 0 Å². The zero-order valence-corrected chi connectivity index (χ0v) is 13.5. The van der Waals surface area contributed by atoms with E-state index in [1.54, 1.807) is 0 Å². The summed E-state index contributed by atoms with van der Waals surface area (Å²) in [4.78, 5) is 12.4. The Bertz CT molecular complexity index is 508. The van der Waals surface area contributed by atoms with Gasteiger partial charge in [-0.2, -0.15) is 0 Å². The highest BCUT2D eigenvalue weighted by atomic mass is 79.9. The van der Waals surface area contributed by atoms with Gasteiger partial charge in [-0.3, -0.25) is 4.79 Å². The second-order valence-corrected chi connectivity index (χ2v) is 6.33. The van der Waals surface area contributed by atoms with Gasteiger partial charge in [0.15, 0.2) is 11.5 Å². The smallest absolute Gasteiger partial charge is 0.264 e. The zero-order chi connectivity index (χ0) is 14.7. The molecule has 114 valence electrons. The van der Waals surface area contributed by atoms with E-state index >= 15 is 0 Å². The molecule has 1 amide bonds. The number of alkyl halides is 1. The Morgan fingerprint density at radius 2 is 2.00 bits per heavy atom. The summed E-state index contributed by atoms with van der Waals surface area (Å²) in [6.45, 7) is 0.272. The molecular formula is C16H20BrNO3. The molecule has 0 radical (unpaired) electrons. The number of para-hydroxylation sites is 2. The highest BCUT2D eigenvalue weighted by molar-refractivity contribution is 9.09. The van der Waals surface area contributed by atoms with Crippen molar-refractivity contribution in [2.45, 2.75) is 37.8 Å². The number of hydrogen-bond acceptors (Lipinski definition) is 3. The second-order valence-electron chi connectivity index (χ2n) is 5.68. The van der Waals surface area contributed by atoms with Gasteiger partial charge in [0.25, 0.3) is 5.91 Å². The molecule has 1 aliphatic heterocycles. The Morgan fingerprint density at radius 3 is 2.81 bits per heavy atom. The van der Waals surface area contributed by atoms with Gasteiger partial charge in [-0.05, 0) is 30.9 Å². The molecule has 1 aromatic carbocycles. The van der Waals surface area contributed by atoms with Crippen LogP contribution in [0.4, 0.5) is 0 Å². The summed E-state index contributed by atoms with van der Waals surface area (Å²) in [7, 11) is 0. The third-order valence-corrected chi connectivity index (χ3v) is 5.07. The monoisotopic (exact) mass is 353 g/mol. The summed E-state index contributed by atoms with van der Waals surface area (Å²) in [5, 5.41) is 4.08. The average Bonchev–Trinajstić information content (AvgIpc) is 2.55. The largest absolute Gasteiger partial charge is 0.485 e. The molecule has 1 aliphatic carbocycles. The highest BCUT2D eigenvalue weighted by Gasteiger charge is 2.31. The van der Waals surface area contributed by atoms with Gasteiger partial charge >= 0.3 is 0 Å². The van der Waals surface area contributed by atoms with E-state index in [0.29, 0.717) is 17.4 Å². The summed E-state index contributed by atoms with van der Waals surface area (Å²) in [5.41, 5.74) is 0. The van der Waals surface area contributed by atoms with Crippen LogP contribution in [-0.2, 0) is 4.79 Å². The first-order chi connectivity index (χ1) is 10.3. The zero-order valence-electron chi connectivity index (χ0n) is 11.9. The van der Waals surface area contributed by atoms with Gasteiger partial charge in [-0.1, -0.05) is 40.9 Å². The van der Waals surface area contributed by atoms with Gasteiger partial charge in [-0.15, -0.1) is 0 Å². The minimum absolute atomic E-state index is 0.0673. The van der Waals surface area contributed by atoms with Crippen molar-refractivity contribution in [3.05, 3.63) is 24.3 Å². The number of fused-ring (bicyclic) bond motifs is 1. The van der Waals surface area contributed by atoms with Crippen LogP contribution in [0.15, 0.2) is 24.3 Å². The lowest BCUT2D eigenvalue weighted by Gasteiger charge is -2.33. The summed E-state index contributed by atoms with van der Waals surface area (Å²) >= 11 is 3.55. The number of carbonyl (C=O) groups is 1. The molecule has 1 fully saturated rings. The molecule has 1 aromatic rings. The lowest BCUT2D eigenvalue weighted by Crippen LogP contribution is -2.50. The maximum absolute atomic E-state index is 12.4. The third-order valence-electron chi connectivity index (χ3n) is 4.24. The fraction of sp³-hybridized carbons (Fsp3) is 0.562. The van der Waals surface area contributed by atoms with Crippen molar-refractivity contribution in [2.75, 3.05) is 11.9 Å². The molecule has 1 saturated carbocycles. The maximum Gasteiger partial charge on any atom is 0.264 e. The topological polar surface area (TPSA) is 47.6 Å². The molecule has 2 aliphatic rings. The molecule has 0 bridgehead atoms. The minimum atomic E-state index is -0.558. The molecule has 3 atom stereocenters. The number of ether oxygens (including phenoxy) is 2. The average molecular weight is 354 g/mol. The van der Waals surface area contributed by atoms with Crippen LogP contribution in [0.1, 0.15) is 25.7 Å². The van der Waals surface area contributed by atoms with E-state index in [1.165, 1.54) is 19.3 Å². The van der Waals surface area contributed by atoms with Crippen LogP contribution in [0.5, 0.6) is 11.5 Å². The highest BCUT2D eigenvalue weighted by Crippen LogP contribution is 2.31. The first-order valence-electron chi connectivity index (χ1n) is 7.53. The fourth-order valence-corrected chi connectivity index (χ4v) is 3.78. The second kappa shape index (κ2) is 6.69. The van der Waals surface area contributed by atoms with Crippen LogP contribution in [0, 0.1) is 5.92 Å². The molecule has 21 heavy (non-hydrogen) atoms. The SMILES string of the molecule is O=C(NC1CCCCC1CBr)C1COc2ccccc2O1. The lowest BCUT2D eigenvalue weighted by atomic mass is 9.86.